The van der Waals surface area contributed by atoms with Gasteiger partial charge < -0.3 is 24.8 Å². The van der Waals surface area contributed by atoms with E-state index >= 15 is 0 Å². The second-order valence-corrected chi connectivity index (χ2v) is 6.86. The number of ether oxygens (including phenoxy) is 2. The topological polar surface area (TPSA) is 122 Å². The van der Waals surface area contributed by atoms with Gasteiger partial charge in [-0.15, -0.1) is 0 Å². The first kappa shape index (κ1) is 21.8. The highest BCUT2D eigenvalue weighted by atomic mass is 16.5. The fourth-order valence-corrected chi connectivity index (χ4v) is 3.77. The van der Waals surface area contributed by atoms with Crippen molar-refractivity contribution < 1.29 is 33.8 Å². The lowest BCUT2D eigenvalue weighted by molar-refractivity contribution is -0.123. The number of carboxylic acid groups (broad SMARTS) is 1. The Labute approximate surface area is 178 Å². The number of amides is 2. The molecule has 2 N–H and O–H groups in total. The summed E-state index contributed by atoms with van der Waals surface area (Å²) in [4.78, 5) is 46.1. The number of methoxy groups -OCH3 is 1. The van der Waals surface area contributed by atoms with E-state index in [1.807, 2.05) is 25.1 Å². The number of esters is 1. The van der Waals surface area contributed by atoms with Gasteiger partial charge in [-0.25, -0.2) is 4.79 Å². The van der Waals surface area contributed by atoms with E-state index < -0.39 is 5.97 Å². The maximum Gasteiger partial charge on any atom is 0.337 e. The second kappa shape index (κ2) is 9.29. The van der Waals surface area contributed by atoms with E-state index in [0.717, 1.165) is 11.1 Å². The Morgan fingerprint density at radius 2 is 1.97 bits per heavy atom. The molecule has 2 aromatic rings. The Kier molecular flexibility index (Phi) is 6.54. The number of hydrogen-bond acceptors (Lipinski definition) is 6. The highest BCUT2D eigenvalue weighted by Crippen LogP contribution is 2.44. The maximum absolute atomic E-state index is 12.3. The summed E-state index contributed by atoms with van der Waals surface area (Å²) >= 11 is 0. The molecular weight excluding hydrogens is 404 g/mol. The van der Waals surface area contributed by atoms with Crippen molar-refractivity contribution >= 4 is 35.6 Å². The number of likely N-dealkylation sites (N-methyl/N-ethyl adjacent to an activating group) is 1. The Hall–Kier alpha value is -3.88. The minimum absolute atomic E-state index is 0.00444. The van der Waals surface area contributed by atoms with Crippen molar-refractivity contribution in [2.24, 2.45) is 0 Å². The van der Waals surface area contributed by atoms with E-state index in [4.69, 9.17) is 19.4 Å². The van der Waals surface area contributed by atoms with E-state index in [1.165, 1.54) is 7.11 Å². The summed E-state index contributed by atoms with van der Waals surface area (Å²) in [5.41, 5.74) is 3.64. The highest BCUT2D eigenvalue weighted by Gasteiger charge is 2.32. The number of nitrogens with zero attached hydrogens (tertiary/aromatic N) is 1. The minimum Gasteiger partial charge on any atom is -0.483 e. The van der Waals surface area contributed by atoms with Gasteiger partial charge in [0, 0.05) is 24.6 Å². The molecule has 2 aliphatic heterocycles. The Morgan fingerprint density at radius 3 is 2.58 bits per heavy atom. The fraction of sp³-hybridized carbons (Fsp3) is 0.273. The predicted molar refractivity (Wildman–Crippen MR) is 112 cm³/mol. The average Bonchev–Trinajstić information content (AvgIpc) is 2.77. The molecule has 0 spiro atoms. The van der Waals surface area contributed by atoms with Crippen LogP contribution in [0.15, 0.2) is 36.4 Å². The molecule has 0 saturated heterocycles. The van der Waals surface area contributed by atoms with Crippen LogP contribution in [-0.2, 0) is 19.1 Å². The molecule has 0 aromatic heterocycles. The van der Waals surface area contributed by atoms with Gasteiger partial charge in [-0.1, -0.05) is 12.1 Å². The summed E-state index contributed by atoms with van der Waals surface area (Å²) in [5, 5.41) is 9.79. The lowest BCUT2D eigenvalue weighted by Crippen LogP contribution is -2.39. The number of rotatable bonds is 3. The Morgan fingerprint density at radius 1 is 1.29 bits per heavy atom. The monoisotopic (exact) mass is 426 g/mol. The lowest BCUT2D eigenvalue weighted by atomic mass is 9.84. The smallest absolute Gasteiger partial charge is 0.337 e. The van der Waals surface area contributed by atoms with Crippen LogP contribution in [0.2, 0.25) is 0 Å². The molecule has 1 atom stereocenters. The molecule has 2 aliphatic rings. The summed E-state index contributed by atoms with van der Waals surface area (Å²) < 4.78 is 10.4. The Bertz CT molecular complexity index is 1020. The van der Waals surface area contributed by atoms with Crippen LogP contribution < -0.4 is 15.0 Å². The number of hydrogen-bond donors (Lipinski definition) is 2. The van der Waals surface area contributed by atoms with Crippen LogP contribution in [0.25, 0.3) is 0 Å². The molecule has 2 heterocycles. The van der Waals surface area contributed by atoms with Crippen LogP contribution >= 0.6 is 0 Å². The zero-order valence-electron chi connectivity index (χ0n) is 17.1. The molecule has 9 heteroatoms. The standard InChI is InChI=1S/C21H20N2O5.CH2O2/c1-3-23-17-10-16-15(8-18(17)28-11-20(23)25)14(9-19(24)22-16)12-4-6-13(7-5-12)21(26)27-2;2-1-3/h4-8,10,14H,3,9,11H2,1-2H3,(H,22,24);1H,(H,2,3). The molecule has 2 aromatic carbocycles. The SMILES string of the molecule is CCN1C(=O)COc2cc3c(cc21)NC(=O)CC3c1ccc(C(=O)OC)cc1.O=CO. The molecule has 0 saturated carbocycles. The summed E-state index contributed by atoms with van der Waals surface area (Å²) in [6, 6.07) is 10.8. The molecule has 9 nitrogen and oxygen atoms in total. The van der Waals surface area contributed by atoms with Crippen LogP contribution in [0.1, 0.15) is 40.7 Å². The van der Waals surface area contributed by atoms with Gasteiger partial charge in [0.05, 0.1) is 18.4 Å². The fourth-order valence-electron chi connectivity index (χ4n) is 3.77. The third-order valence-electron chi connectivity index (χ3n) is 5.16. The predicted octanol–water partition coefficient (Wildman–Crippen LogP) is 2.39. The van der Waals surface area contributed by atoms with Gasteiger partial charge in [-0.3, -0.25) is 14.4 Å². The van der Waals surface area contributed by atoms with Gasteiger partial charge in [0.1, 0.15) is 5.75 Å². The second-order valence-electron chi connectivity index (χ2n) is 6.86. The van der Waals surface area contributed by atoms with Crippen molar-refractivity contribution in [2.75, 3.05) is 30.5 Å². The first-order valence-electron chi connectivity index (χ1n) is 9.60. The maximum atomic E-state index is 12.3. The zero-order chi connectivity index (χ0) is 22.5. The van der Waals surface area contributed by atoms with Gasteiger partial charge in [-0.05, 0) is 42.3 Å². The molecule has 0 radical (unpaired) electrons. The van der Waals surface area contributed by atoms with Crippen LogP contribution in [0.5, 0.6) is 5.75 Å². The molecule has 0 fully saturated rings. The number of carbonyl (C=O) groups is 4. The van der Waals surface area contributed by atoms with Crippen LogP contribution in [-0.4, -0.2) is 49.6 Å². The van der Waals surface area contributed by atoms with Crippen molar-refractivity contribution in [3.8, 4) is 5.75 Å². The average molecular weight is 426 g/mol. The van der Waals surface area contributed by atoms with Crippen molar-refractivity contribution in [3.63, 3.8) is 0 Å². The summed E-state index contributed by atoms with van der Waals surface area (Å²) in [6.07, 6.45) is 0.291. The summed E-state index contributed by atoms with van der Waals surface area (Å²) in [5.74, 6) is -0.141. The highest BCUT2D eigenvalue weighted by molar-refractivity contribution is 6.01. The summed E-state index contributed by atoms with van der Waals surface area (Å²) in [6.45, 7) is 2.18. The van der Waals surface area contributed by atoms with E-state index in [-0.39, 0.29) is 30.8 Å². The van der Waals surface area contributed by atoms with Gasteiger partial charge >= 0.3 is 5.97 Å². The molecule has 0 bridgehead atoms. The van der Waals surface area contributed by atoms with Crippen molar-refractivity contribution in [1.82, 2.24) is 0 Å². The molecule has 31 heavy (non-hydrogen) atoms. The number of anilines is 2. The van der Waals surface area contributed by atoms with E-state index in [1.54, 1.807) is 23.1 Å². The molecule has 2 amide bonds. The van der Waals surface area contributed by atoms with Crippen molar-refractivity contribution in [3.05, 3.63) is 53.1 Å². The molecule has 0 aliphatic carbocycles. The van der Waals surface area contributed by atoms with Gasteiger partial charge in [0.15, 0.2) is 6.61 Å². The molecular formula is C22H22N2O7. The third-order valence-corrected chi connectivity index (χ3v) is 5.16. The van der Waals surface area contributed by atoms with Gasteiger partial charge in [-0.2, -0.15) is 0 Å². The van der Waals surface area contributed by atoms with E-state index in [9.17, 15) is 14.4 Å². The van der Waals surface area contributed by atoms with Crippen LogP contribution in [0.3, 0.4) is 0 Å². The quantitative estimate of drug-likeness (QED) is 0.571. The van der Waals surface area contributed by atoms with Gasteiger partial charge in [0.2, 0.25) is 5.91 Å². The zero-order valence-corrected chi connectivity index (χ0v) is 17.1. The molecule has 162 valence electrons. The van der Waals surface area contributed by atoms with Crippen molar-refractivity contribution in [1.29, 1.82) is 0 Å². The van der Waals surface area contributed by atoms with E-state index in [0.29, 0.717) is 35.7 Å². The normalized spacial score (nSPS) is 16.6. The van der Waals surface area contributed by atoms with Crippen LogP contribution in [0, 0.1) is 0 Å². The van der Waals surface area contributed by atoms with Crippen LogP contribution in [0.4, 0.5) is 11.4 Å². The third kappa shape index (κ3) is 4.35. The number of benzene rings is 2. The summed E-state index contributed by atoms with van der Waals surface area (Å²) in [7, 11) is 1.34. The number of fused-ring (bicyclic) bond motifs is 2. The lowest BCUT2D eigenvalue weighted by Gasteiger charge is -2.32. The number of carbonyl (C=O) groups excluding carboxylic acids is 3. The van der Waals surface area contributed by atoms with Crippen molar-refractivity contribution in [2.45, 2.75) is 19.3 Å². The number of nitrogens with one attached hydrogen (secondary N) is 1. The molecule has 1 unspecified atom stereocenters. The Balaban J connectivity index is 0.000000858. The molecule has 4 rings (SSSR count). The first-order chi connectivity index (χ1) is 14.9. The minimum atomic E-state index is -0.403. The van der Waals surface area contributed by atoms with Gasteiger partial charge in [0.25, 0.3) is 12.4 Å². The first-order valence-corrected chi connectivity index (χ1v) is 9.60. The largest absolute Gasteiger partial charge is 0.483 e. The van der Waals surface area contributed by atoms with E-state index in [2.05, 4.69) is 5.32 Å².